The van der Waals surface area contributed by atoms with Gasteiger partial charge in [0.2, 0.25) is 11.8 Å². The molecule has 0 aliphatic heterocycles. The van der Waals surface area contributed by atoms with Gasteiger partial charge in [-0.3, -0.25) is 9.59 Å². The SMILES string of the molecule is CC(NC(=O)CCN)C(=O)N(C)C. The first-order valence-electron chi connectivity index (χ1n) is 4.19. The van der Waals surface area contributed by atoms with Crippen molar-refractivity contribution >= 4 is 11.8 Å². The van der Waals surface area contributed by atoms with Crippen LogP contribution < -0.4 is 11.1 Å². The maximum Gasteiger partial charge on any atom is 0.244 e. The number of amides is 2. The highest BCUT2D eigenvalue weighted by Crippen LogP contribution is 1.89. The molecule has 0 heterocycles. The minimum Gasteiger partial charge on any atom is -0.347 e. The number of nitrogens with one attached hydrogen (secondary N) is 1. The summed E-state index contributed by atoms with van der Waals surface area (Å²) in [6.45, 7) is 1.95. The van der Waals surface area contributed by atoms with Crippen LogP contribution >= 0.6 is 0 Å². The van der Waals surface area contributed by atoms with Gasteiger partial charge in [0.25, 0.3) is 0 Å². The molecule has 0 spiro atoms. The number of rotatable bonds is 4. The lowest BCUT2D eigenvalue weighted by Gasteiger charge is -2.17. The predicted molar refractivity (Wildman–Crippen MR) is 50.0 cm³/mol. The van der Waals surface area contributed by atoms with Crippen molar-refractivity contribution in [2.45, 2.75) is 19.4 Å². The van der Waals surface area contributed by atoms with Gasteiger partial charge in [0.05, 0.1) is 0 Å². The Hall–Kier alpha value is -1.10. The topological polar surface area (TPSA) is 75.4 Å². The second kappa shape index (κ2) is 5.53. The summed E-state index contributed by atoms with van der Waals surface area (Å²) in [5, 5.41) is 2.55. The Morgan fingerprint density at radius 2 is 2.00 bits per heavy atom. The van der Waals surface area contributed by atoms with Crippen LogP contribution in [0, 0.1) is 0 Å². The molecule has 76 valence electrons. The normalized spacial score (nSPS) is 12.0. The van der Waals surface area contributed by atoms with E-state index in [-0.39, 0.29) is 18.2 Å². The first-order chi connectivity index (χ1) is 5.99. The summed E-state index contributed by atoms with van der Waals surface area (Å²) in [5.41, 5.74) is 5.18. The van der Waals surface area contributed by atoms with Crippen molar-refractivity contribution in [1.82, 2.24) is 10.2 Å². The second-order valence-corrected chi connectivity index (χ2v) is 3.06. The Labute approximate surface area is 78.3 Å². The molecule has 2 amide bonds. The molecule has 0 aromatic heterocycles. The number of carbonyl (C=O) groups excluding carboxylic acids is 2. The summed E-state index contributed by atoms with van der Waals surface area (Å²) in [7, 11) is 3.29. The fourth-order valence-electron chi connectivity index (χ4n) is 0.894. The Balaban J connectivity index is 3.92. The third kappa shape index (κ3) is 4.47. The van der Waals surface area contributed by atoms with Crippen LogP contribution in [-0.4, -0.2) is 43.4 Å². The van der Waals surface area contributed by atoms with E-state index in [4.69, 9.17) is 5.73 Å². The van der Waals surface area contributed by atoms with Crippen molar-refractivity contribution in [1.29, 1.82) is 0 Å². The van der Waals surface area contributed by atoms with Gasteiger partial charge in [-0.15, -0.1) is 0 Å². The zero-order valence-corrected chi connectivity index (χ0v) is 8.33. The molecule has 5 heteroatoms. The fraction of sp³-hybridized carbons (Fsp3) is 0.750. The second-order valence-electron chi connectivity index (χ2n) is 3.06. The van der Waals surface area contributed by atoms with Crippen LogP contribution in [-0.2, 0) is 9.59 Å². The van der Waals surface area contributed by atoms with Gasteiger partial charge in [-0.2, -0.15) is 0 Å². The van der Waals surface area contributed by atoms with E-state index in [0.29, 0.717) is 6.54 Å². The first kappa shape index (κ1) is 11.9. The molecular formula is C8H17N3O2. The van der Waals surface area contributed by atoms with Crippen LogP contribution in [0.25, 0.3) is 0 Å². The van der Waals surface area contributed by atoms with Crippen LogP contribution in [0.2, 0.25) is 0 Å². The number of carbonyl (C=O) groups is 2. The van der Waals surface area contributed by atoms with Gasteiger partial charge in [-0.05, 0) is 6.92 Å². The van der Waals surface area contributed by atoms with Crippen LogP contribution in [0.4, 0.5) is 0 Å². The first-order valence-corrected chi connectivity index (χ1v) is 4.19. The summed E-state index contributed by atoms with van der Waals surface area (Å²) in [6.07, 6.45) is 0.255. The van der Waals surface area contributed by atoms with Gasteiger partial charge in [-0.25, -0.2) is 0 Å². The molecule has 0 aromatic carbocycles. The standard InChI is InChI=1S/C8H17N3O2/c1-6(8(13)11(2)3)10-7(12)4-5-9/h6H,4-5,9H2,1-3H3,(H,10,12). The van der Waals surface area contributed by atoms with Crippen molar-refractivity contribution in [3.63, 3.8) is 0 Å². The van der Waals surface area contributed by atoms with Crippen LogP contribution in [0.15, 0.2) is 0 Å². The average Bonchev–Trinajstić information content (AvgIpc) is 2.03. The van der Waals surface area contributed by atoms with Crippen LogP contribution in [0.3, 0.4) is 0 Å². The molecular weight excluding hydrogens is 170 g/mol. The molecule has 0 fully saturated rings. The lowest BCUT2D eigenvalue weighted by Crippen LogP contribution is -2.44. The summed E-state index contributed by atoms with van der Waals surface area (Å²) in [4.78, 5) is 23.7. The average molecular weight is 187 g/mol. The zero-order chi connectivity index (χ0) is 10.4. The van der Waals surface area contributed by atoms with Crippen molar-refractivity contribution < 1.29 is 9.59 Å². The maximum absolute atomic E-state index is 11.3. The number of nitrogens with two attached hydrogens (primary N) is 1. The van der Waals surface area contributed by atoms with E-state index in [0.717, 1.165) is 0 Å². The summed E-state index contributed by atoms with van der Waals surface area (Å²) in [6, 6.07) is -0.478. The Morgan fingerprint density at radius 3 is 2.38 bits per heavy atom. The van der Waals surface area contributed by atoms with E-state index < -0.39 is 6.04 Å². The largest absolute Gasteiger partial charge is 0.347 e. The summed E-state index contributed by atoms with van der Waals surface area (Å²) in [5.74, 6) is -0.310. The van der Waals surface area contributed by atoms with E-state index >= 15 is 0 Å². The quantitative estimate of drug-likeness (QED) is 0.588. The summed E-state index contributed by atoms with van der Waals surface area (Å²) < 4.78 is 0. The minimum atomic E-state index is -0.478. The number of nitrogens with zero attached hydrogens (tertiary/aromatic N) is 1. The van der Waals surface area contributed by atoms with E-state index in [1.165, 1.54) is 4.90 Å². The highest BCUT2D eigenvalue weighted by atomic mass is 16.2. The van der Waals surface area contributed by atoms with Crippen LogP contribution in [0.1, 0.15) is 13.3 Å². The lowest BCUT2D eigenvalue weighted by atomic mass is 10.3. The van der Waals surface area contributed by atoms with Crippen molar-refractivity contribution in [3.05, 3.63) is 0 Å². The highest BCUT2D eigenvalue weighted by molar-refractivity contribution is 5.87. The molecule has 13 heavy (non-hydrogen) atoms. The molecule has 0 aromatic rings. The van der Waals surface area contributed by atoms with Gasteiger partial charge in [0.15, 0.2) is 0 Å². The van der Waals surface area contributed by atoms with Crippen molar-refractivity contribution in [2.75, 3.05) is 20.6 Å². The Bertz CT molecular complexity index is 192. The molecule has 0 bridgehead atoms. The van der Waals surface area contributed by atoms with E-state index in [1.54, 1.807) is 21.0 Å². The number of hydrogen-bond acceptors (Lipinski definition) is 3. The molecule has 1 atom stereocenters. The Kier molecular flexibility index (Phi) is 5.06. The van der Waals surface area contributed by atoms with E-state index in [2.05, 4.69) is 5.32 Å². The fourth-order valence-corrected chi connectivity index (χ4v) is 0.894. The highest BCUT2D eigenvalue weighted by Gasteiger charge is 2.16. The molecule has 0 saturated carbocycles. The summed E-state index contributed by atoms with van der Waals surface area (Å²) >= 11 is 0. The van der Waals surface area contributed by atoms with Gasteiger partial charge in [0, 0.05) is 27.1 Å². The molecule has 0 aliphatic carbocycles. The molecule has 0 saturated heterocycles. The lowest BCUT2D eigenvalue weighted by molar-refractivity contribution is -0.133. The van der Waals surface area contributed by atoms with Gasteiger partial charge < -0.3 is 16.0 Å². The van der Waals surface area contributed by atoms with Crippen LogP contribution in [0.5, 0.6) is 0 Å². The van der Waals surface area contributed by atoms with Crippen molar-refractivity contribution in [2.24, 2.45) is 5.73 Å². The smallest absolute Gasteiger partial charge is 0.244 e. The van der Waals surface area contributed by atoms with E-state index in [1.807, 2.05) is 0 Å². The van der Waals surface area contributed by atoms with Gasteiger partial charge >= 0.3 is 0 Å². The molecule has 0 rings (SSSR count). The third-order valence-electron chi connectivity index (χ3n) is 1.56. The molecule has 3 N–H and O–H groups in total. The minimum absolute atomic E-state index is 0.120. The van der Waals surface area contributed by atoms with Crippen molar-refractivity contribution in [3.8, 4) is 0 Å². The Morgan fingerprint density at radius 1 is 1.46 bits per heavy atom. The third-order valence-corrected chi connectivity index (χ3v) is 1.56. The van der Waals surface area contributed by atoms with Gasteiger partial charge in [0.1, 0.15) is 6.04 Å². The molecule has 5 nitrogen and oxygen atoms in total. The van der Waals surface area contributed by atoms with E-state index in [9.17, 15) is 9.59 Å². The molecule has 0 aliphatic rings. The van der Waals surface area contributed by atoms with Gasteiger partial charge in [-0.1, -0.05) is 0 Å². The molecule has 1 unspecified atom stereocenters. The molecule has 0 radical (unpaired) electrons. The monoisotopic (exact) mass is 187 g/mol. The predicted octanol–water partition coefficient (Wildman–Crippen LogP) is -1.07. The number of likely N-dealkylation sites (N-methyl/N-ethyl adjacent to an activating group) is 1. The number of hydrogen-bond donors (Lipinski definition) is 2. The zero-order valence-electron chi connectivity index (χ0n) is 8.33. The maximum atomic E-state index is 11.3.